The number of ether oxygens (including phenoxy) is 1. The van der Waals surface area contributed by atoms with Crippen molar-refractivity contribution in [3.05, 3.63) is 30.4 Å². The van der Waals surface area contributed by atoms with Crippen LogP contribution in [0.5, 0.6) is 5.75 Å². The zero-order valence-electron chi connectivity index (χ0n) is 12.4. The van der Waals surface area contributed by atoms with E-state index in [4.69, 9.17) is 4.74 Å². The standard InChI is InChI=1S/C16H21N3OS/c1-2-3-4-5-6-9-20-13-7-8-14-15(10-13)21-11-16-18-17-12-19(14)16/h7-8,10,12H,2-6,9,11H2,1H3. The SMILES string of the molecule is CCCCCCCOc1ccc2c(c1)SCc1nncn1-2. The number of unbranched alkanes of at least 4 members (excludes halogenated alkanes) is 4. The largest absolute Gasteiger partial charge is 0.494 e. The van der Waals surface area contributed by atoms with Crippen LogP contribution < -0.4 is 4.74 Å². The van der Waals surface area contributed by atoms with Crippen LogP contribution >= 0.6 is 11.8 Å². The van der Waals surface area contributed by atoms with Gasteiger partial charge in [-0.15, -0.1) is 22.0 Å². The third-order valence-electron chi connectivity index (χ3n) is 3.68. The summed E-state index contributed by atoms with van der Waals surface area (Å²) in [6, 6.07) is 6.27. The van der Waals surface area contributed by atoms with Crippen molar-refractivity contribution in [1.82, 2.24) is 14.8 Å². The molecule has 112 valence electrons. The lowest BCUT2D eigenvalue weighted by molar-refractivity contribution is 0.304. The fourth-order valence-electron chi connectivity index (χ4n) is 2.50. The summed E-state index contributed by atoms with van der Waals surface area (Å²) in [4.78, 5) is 1.24. The van der Waals surface area contributed by atoms with Gasteiger partial charge in [0.15, 0.2) is 0 Å². The lowest BCUT2D eigenvalue weighted by Gasteiger charge is -2.18. The van der Waals surface area contributed by atoms with Crippen LogP contribution in [-0.2, 0) is 5.75 Å². The van der Waals surface area contributed by atoms with Gasteiger partial charge in [-0.05, 0) is 24.6 Å². The van der Waals surface area contributed by atoms with Crippen LogP contribution in [0.3, 0.4) is 0 Å². The molecule has 0 amide bonds. The molecule has 1 aromatic carbocycles. The molecule has 0 saturated carbocycles. The third kappa shape index (κ3) is 3.40. The molecule has 2 aromatic rings. The lowest BCUT2D eigenvalue weighted by Crippen LogP contribution is -2.06. The molecule has 0 atom stereocenters. The second kappa shape index (κ2) is 6.98. The van der Waals surface area contributed by atoms with Crippen LogP contribution in [0.4, 0.5) is 0 Å². The van der Waals surface area contributed by atoms with E-state index in [0.29, 0.717) is 0 Å². The van der Waals surface area contributed by atoms with Gasteiger partial charge in [0.05, 0.1) is 18.0 Å². The normalized spacial score (nSPS) is 12.8. The molecule has 0 aliphatic carbocycles. The molecular weight excluding hydrogens is 282 g/mol. The van der Waals surface area contributed by atoms with E-state index in [1.54, 1.807) is 18.1 Å². The highest BCUT2D eigenvalue weighted by Crippen LogP contribution is 2.36. The van der Waals surface area contributed by atoms with Crippen molar-refractivity contribution in [2.24, 2.45) is 0 Å². The Bertz CT molecular complexity index is 597. The minimum absolute atomic E-state index is 0.811. The number of rotatable bonds is 7. The Morgan fingerprint density at radius 2 is 2.14 bits per heavy atom. The molecule has 0 unspecified atom stereocenters. The highest BCUT2D eigenvalue weighted by Gasteiger charge is 2.17. The van der Waals surface area contributed by atoms with E-state index in [0.717, 1.165) is 36.0 Å². The molecule has 0 bridgehead atoms. The van der Waals surface area contributed by atoms with E-state index in [-0.39, 0.29) is 0 Å². The summed E-state index contributed by atoms with van der Waals surface area (Å²) in [5.41, 5.74) is 1.15. The zero-order valence-corrected chi connectivity index (χ0v) is 13.2. The van der Waals surface area contributed by atoms with Gasteiger partial charge in [0.25, 0.3) is 0 Å². The molecular formula is C16H21N3OS. The first-order valence-electron chi connectivity index (χ1n) is 7.67. The molecule has 0 spiro atoms. The first-order chi connectivity index (χ1) is 10.4. The molecule has 0 N–H and O–H groups in total. The van der Waals surface area contributed by atoms with E-state index < -0.39 is 0 Å². The minimum Gasteiger partial charge on any atom is -0.494 e. The van der Waals surface area contributed by atoms with Gasteiger partial charge >= 0.3 is 0 Å². The number of hydrogen-bond acceptors (Lipinski definition) is 4. The maximum Gasteiger partial charge on any atom is 0.147 e. The maximum absolute atomic E-state index is 5.87. The molecule has 3 rings (SSSR count). The minimum atomic E-state index is 0.811. The van der Waals surface area contributed by atoms with Gasteiger partial charge in [0.1, 0.15) is 17.9 Å². The van der Waals surface area contributed by atoms with Crippen LogP contribution in [0.25, 0.3) is 5.69 Å². The van der Waals surface area contributed by atoms with E-state index in [9.17, 15) is 0 Å². The number of thioether (sulfide) groups is 1. The molecule has 0 radical (unpaired) electrons. The van der Waals surface area contributed by atoms with E-state index in [2.05, 4.69) is 33.8 Å². The van der Waals surface area contributed by atoms with Crippen molar-refractivity contribution in [3.63, 3.8) is 0 Å². The molecule has 1 aliphatic heterocycles. The molecule has 5 heteroatoms. The second-order valence-corrected chi connectivity index (χ2v) is 6.32. The molecule has 4 nitrogen and oxygen atoms in total. The van der Waals surface area contributed by atoms with Crippen molar-refractivity contribution in [3.8, 4) is 11.4 Å². The van der Waals surface area contributed by atoms with Gasteiger partial charge in [0, 0.05) is 4.90 Å². The highest BCUT2D eigenvalue weighted by atomic mass is 32.2. The fraction of sp³-hybridized carbons (Fsp3) is 0.500. The van der Waals surface area contributed by atoms with Crippen LogP contribution in [0.15, 0.2) is 29.4 Å². The quantitative estimate of drug-likeness (QED) is 0.718. The number of hydrogen-bond donors (Lipinski definition) is 0. The van der Waals surface area contributed by atoms with Gasteiger partial charge in [0.2, 0.25) is 0 Å². The number of aromatic nitrogens is 3. The van der Waals surface area contributed by atoms with Crippen LogP contribution in [0, 0.1) is 0 Å². The van der Waals surface area contributed by atoms with E-state index >= 15 is 0 Å². The Morgan fingerprint density at radius 1 is 1.24 bits per heavy atom. The highest BCUT2D eigenvalue weighted by molar-refractivity contribution is 7.98. The Labute approximate surface area is 129 Å². The molecule has 1 aliphatic rings. The summed E-state index contributed by atoms with van der Waals surface area (Å²) >= 11 is 1.80. The summed E-state index contributed by atoms with van der Waals surface area (Å²) in [6.45, 7) is 3.05. The third-order valence-corrected chi connectivity index (χ3v) is 4.72. The smallest absolute Gasteiger partial charge is 0.147 e. The van der Waals surface area contributed by atoms with E-state index in [1.807, 2.05) is 6.07 Å². The Kier molecular flexibility index (Phi) is 4.80. The summed E-state index contributed by atoms with van der Waals surface area (Å²) < 4.78 is 7.92. The van der Waals surface area contributed by atoms with Gasteiger partial charge < -0.3 is 4.74 Å². The lowest BCUT2D eigenvalue weighted by atomic mass is 10.2. The number of fused-ring (bicyclic) bond motifs is 3. The topological polar surface area (TPSA) is 39.9 Å². The molecule has 2 heterocycles. The average molecular weight is 303 g/mol. The molecule has 0 saturated heterocycles. The predicted octanol–water partition coefficient (Wildman–Crippen LogP) is 4.22. The molecule has 0 fully saturated rings. The zero-order chi connectivity index (χ0) is 14.5. The molecule has 21 heavy (non-hydrogen) atoms. The Morgan fingerprint density at radius 3 is 3.05 bits per heavy atom. The predicted molar refractivity (Wildman–Crippen MR) is 85.2 cm³/mol. The van der Waals surface area contributed by atoms with Crippen molar-refractivity contribution in [2.75, 3.05) is 6.61 Å². The van der Waals surface area contributed by atoms with E-state index in [1.165, 1.54) is 30.6 Å². The second-order valence-electron chi connectivity index (χ2n) is 5.30. The Balaban J connectivity index is 1.57. The monoisotopic (exact) mass is 303 g/mol. The average Bonchev–Trinajstić information content (AvgIpc) is 2.99. The van der Waals surface area contributed by atoms with Gasteiger partial charge in [-0.1, -0.05) is 32.6 Å². The summed E-state index contributed by atoms with van der Waals surface area (Å²) in [5.74, 6) is 2.85. The number of benzene rings is 1. The maximum atomic E-state index is 5.87. The van der Waals surface area contributed by atoms with Crippen molar-refractivity contribution >= 4 is 11.8 Å². The van der Waals surface area contributed by atoms with Crippen molar-refractivity contribution in [1.29, 1.82) is 0 Å². The van der Waals surface area contributed by atoms with Gasteiger partial charge in [-0.25, -0.2) is 0 Å². The fourth-order valence-corrected chi connectivity index (χ4v) is 3.49. The summed E-state index contributed by atoms with van der Waals surface area (Å²) in [7, 11) is 0. The molecule has 1 aromatic heterocycles. The Hall–Kier alpha value is -1.49. The van der Waals surface area contributed by atoms with Crippen molar-refractivity contribution < 1.29 is 4.74 Å². The first-order valence-corrected chi connectivity index (χ1v) is 8.66. The van der Waals surface area contributed by atoms with Crippen molar-refractivity contribution in [2.45, 2.75) is 49.7 Å². The van der Waals surface area contributed by atoms with Gasteiger partial charge in [-0.2, -0.15) is 0 Å². The van der Waals surface area contributed by atoms with Crippen LogP contribution in [0.2, 0.25) is 0 Å². The van der Waals surface area contributed by atoms with Crippen LogP contribution in [-0.4, -0.2) is 21.4 Å². The summed E-state index contributed by atoms with van der Waals surface area (Å²) in [5, 5.41) is 8.10. The summed E-state index contributed by atoms with van der Waals surface area (Å²) in [6.07, 6.45) is 8.11. The first kappa shape index (κ1) is 14.4. The van der Waals surface area contributed by atoms with Crippen LogP contribution in [0.1, 0.15) is 44.9 Å². The van der Waals surface area contributed by atoms with Gasteiger partial charge in [-0.3, -0.25) is 4.57 Å². The number of nitrogens with zero attached hydrogens (tertiary/aromatic N) is 3.